The molecule has 0 atom stereocenters. The third-order valence-electron chi connectivity index (χ3n) is 9.27. The molecule has 0 aliphatic carbocycles. The molecule has 2 N–H and O–H groups in total. The van der Waals surface area contributed by atoms with Crippen molar-refractivity contribution in [1.82, 2.24) is 14.8 Å². The van der Waals surface area contributed by atoms with Gasteiger partial charge in [0.2, 0.25) is 5.88 Å². The van der Waals surface area contributed by atoms with Crippen LogP contribution in [0, 0.1) is 6.92 Å². The number of ether oxygens (including phenoxy) is 3. The molecule has 6 aromatic rings. The lowest BCUT2D eigenvalue weighted by atomic mass is 9.99. The highest BCUT2D eigenvalue weighted by Gasteiger charge is 2.24. The maximum atomic E-state index is 11.8. The van der Waals surface area contributed by atoms with Crippen molar-refractivity contribution >= 4 is 43.4 Å². The zero-order valence-electron chi connectivity index (χ0n) is 27.9. The van der Waals surface area contributed by atoms with Gasteiger partial charge in [0, 0.05) is 59.0 Å². The maximum absolute atomic E-state index is 11.8. The van der Waals surface area contributed by atoms with Gasteiger partial charge in [0.1, 0.15) is 23.8 Å². The van der Waals surface area contributed by atoms with Crippen LogP contribution in [-0.4, -0.2) is 65.6 Å². The number of nitrogens with one attached hydrogen (secondary N) is 1. The first-order valence-corrected chi connectivity index (χ1v) is 18.3. The molecule has 2 aromatic heterocycles. The van der Waals surface area contributed by atoms with E-state index in [1.165, 1.54) is 0 Å². The van der Waals surface area contributed by atoms with Gasteiger partial charge in [0.05, 0.1) is 23.6 Å². The smallest absolute Gasteiger partial charge is 0.493 e. The Morgan fingerprint density at radius 1 is 0.920 bits per heavy atom. The van der Waals surface area contributed by atoms with Crippen LogP contribution in [0.4, 0.5) is 10.5 Å². The number of H-pyrrole nitrogens is 1. The molecule has 258 valence electrons. The van der Waals surface area contributed by atoms with Gasteiger partial charge in [-0.2, -0.15) is 5.10 Å². The van der Waals surface area contributed by atoms with Gasteiger partial charge in [-0.05, 0) is 55.5 Å². The minimum Gasteiger partial charge on any atom is -0.493 e. The molecule has 1 fully saturated rings. The molecule has 0 amide bonds. The van der Waals surface area contributed by atoms with E-state index in [-0.39, 0.29) is 24.0 Å². The summed E-state index contributed by atoms with van der Waals surface area (Å²) in [6.45, 7) is 3.58. The molecule has 0 radical (unpaired) electrons. The highest BCUT2D eigenvalue weighted by Crippen LogP contribution is 2.38. The number of aromatic amines is 1. The average Bonchev–Trinajstić information content (AvgIpc) is 3.60. The predicted octanol–water partition coefficient (Wildman–Crippen LogP) is 6.91. The Bertz CT molecular complexity index is 2270. The standard InChI is InChI=1S/C38H38N4O7S/c1-25-35(33(40-41(25)2)24-48-28-17-15-27(16-18-28)42-19-22-50(45,46)23-20-42)32-12-6-11-30-31(37(39-36(30)32)49-38(43)44)13-7-21-47-34-14-5-9-26-8-3-4-10-29(26)34/h3-6,8-12,14-18,39H,7,13,19-24H2,1-2H3,(H,43,44). The molecule has 1 aliphatic heterocycles. The van der Waals surface area contributed by atoms with Gasteiger partial charge >= 0.3 is 6.16 Å². The highest BCUT2D eigenvalue weighted by atomic mass is 32.2. The lowest BCUT2D eigenvalue weighted by Gasteiger charge is -2.28. The molecule has 0 unspecified atom stereocenters. The van der Waals surface area contributed by atoms with E-state index in [4.69, 9.17) is 19.3 Å². The second kappa shape index (κ2) is 13.8. The summed E-state index contributed by atoms with van der Waals surface area (Å²) in [5.74, 6) is 1.98. The van der Waals surface area contributed by atoms with E-state index in [9.17, 15) is 18.3 Å². The van der Waals surface area contributed by atoms with Gasteiger partial charge in [0.15, 0.2) is 9.84 Å². The van der Waals surface area contributed by atoms with Gasteiger partial charge in [-0.15, -0.1) is 0 Å². The van der Waals surface area contributed by atoms with Crippen molar-refractivity contribution < 1.29 is 32.5 Å². The van der Waals surface area contributed by atoms with Crippen molar-refractivity contribution in [3.63, 3.8) is 0 Å². The second-order valence-electron chi connectivity index (χ2n) is 12.4. The fourth-order valence-corrected chi connectivity index (χ4v) is 7.84. The number of carbonyl (C=O) groups is 1. The number of carboxylic acid groups (broad SMARTS) is 1. The van der Waals surface area contributed by atoms with Gasteiger partial charge in [-0.25, -0.2) is 13.2 Å². The summed E-state index contributed by atoms with van der Waals surface area (Å²) < 4.78 is 43.1. The van der Waals surface area contributed by atoms with Crippen molar-refractivity contribution in [2.75, 3.05) is 36.1 Å². The van der Waals surface area contributed by atoms with E-state index in [0.717, 1.165) is 61.2 Å². The number of hydrogen-bond donors (Lipinski definition) is 2. The molecule has 1 aliphatic rings. The summed E-state index contributed by atoms with van der Waals surface area (Å²) in [6, 6.07) is 27.6. The SMILES string of the molecule is Cc1c(-c2cccc3c(CCCOc4cccc5ccccc45)c(OC(=O)O)[nH]c23)c(COc2ccc(N3CCS(=O)(=O)CC3)cc2)nn1C. The molecule has 0 bridgehead atoms. The summed E-state index contributed by atoms with van der Waals surface area (Å²) in [5.41, 5.74) is 5.86. The van der Waals surface area contributed by atoms with Crippen molar-refractivity contribution in [2.45, 2.75) is 26.4 Å². The largest absolute Gasteiger partial charge is 0.512 e. The summed E-state index contributed by atoms with van der Waals surface area (Å²) >= 11 is 0. The van der Waals surface area contributed by atoms with E-state index in [1.54, 1.807) is 0 Å². The summed E-state index contributed by atoms with van der Waals surface area (Å²) in [5, 5.41) is 17.4. The number of hydrogen-bond acceptors (Lipinski definition) is 8. The summed E-state index contributed by atoms with van der Waals surface area (Å²) in [4.78, 5) is 17.1. The molecule has 12 heteroatoms. The summed E-state index contributed by atoms with van der Waals surface area (Å²) in [7, 11) is -1.08. The molecular weight excluding hydrogens is 657 g/mol. The quantitative estimate of drug-likeness (QED) is 0.110. The van der Waals surface area contributed by atoms with E-state index in [0.29, 0.717) is 38.3 Å². The first kappa shape index (κ1) is 33.0. The minimum absolute atomic E-state index is 0.159. The lowest BCUT2D eigenvalue weighted by Crippen LogP contribution is -2.40. The normalized spacial score (nSPS) is 14.2. The Morgan fingerprint density at radius 3 is 2.42 bits per heavy atom. The van der Waals surface area contributed by atoms with Crippen LogP contribution in [0.1, 0.15) is 23.4 Å². The number of fused-ring (bicyclic) bond motifs is 2. The number of rotatable bonds is 11. The summed E-state index contributed by atoms with van der Waals surface area (Å²) in [6.07, 6.45) is -0.228. The number of sulfone groups is 1. The molecule has 7 rings (SSSR count). The lowest BCUT2D eigenvalue weighted by molar-refractivity contribution is 0.142. The van der Waals surface area contributed by atoms with E-state index >= 15 is 0 Å². The van der Waals surface area contributed by atoms with Crippen molar-refractivity contribution in [3.8, 4) is 28.5 Å². The van der Waals surface area contributed by atoms with Gasteiger partial charge in [-0.1, -0.05) is 54.6 Å². The van der Waals surface area contributed by atoms with Crippen LogP contribution in [0.5, 0.6) is 17.4 Å². The zero-order valence-corrected chi connectivity index (χ0v) is 28.7. The second-order valence-corrected chi connectivity index (χ2v) is 14.7. The van der Waals surface area contributed by atoms with Crippen LogP contribution in [0.2, 0.25) is 0 Å². The Hall–Kier alpha value is -5.49. The van der Waals surface area contributed by atoms with Gasteiger partial charge in [-0.3, -0.25) is 4.68 Å². The van der Waals surface area contributed by atoms with Crippen LogP contribution < -0.4 is 19.1 Å². The van der Waals surface area contributed by atoms with Crippen LogP contribution in [0.15, 0.2) is 84.9 Å². The van der Waals surface area contributed by atoms with Crippen LogP contribution >= 0.6 is 0 Å². The fourth-order valence-electron chi connectivity index (χ4n) is 6.64. The minimum atomic E-state index is -2.96. The fraction of sp³-hybridized carbons (Fsp3) is 0.263. The number of benzene rings is 4. The third kappa shape index (κ3) is 6.84. The average molecular weight is 695 g/mol. The van der Waals surface area contributed by atoms with Crippen LogP contribution in [0.25, 0.3) is 32.8 Å². The molecule has 3 heterocycles. The molecule has 0 saturated carbocycles. The molecule has 4 aromatic carbocycles. The van der Waals surface area contributed by atoms with Crippen LogP contribution in [-0.2, 0) is 29.9 Å². The molecule has 0 spiro atoms. The van der Waals surface area contributed by atoms with Gasteiger partial charge in [0.25, 0.3) is 0 Å². The number of nitrogens with zero attached hydrogens (tertiary/aromatic N) is 3. The monoisotopic (exact) mass is 694 g/mol. The van der Waals surface area contributed by atoms with Crippen molar-refractivity contribution in [3.05, 3.63) is 102 Å². The van der Waals surface area contributed by atoms with E-state index in [1.807, 2.05) is 91.4 Å². The van der Waals surface area contributed by atoms with E-state index < -0.39 is 16.0 Å². The number of para-hydroxylation sites is 1. The first-order valence-electron chi connectivity index (χ1n) is 16.5. The predicted molar refractivity (Wildman–Crippen MR) is 193 cm³/mol. The molecule has 11 nitrogen and oxygen atoms in total. The zero-order chi connectivity index (χ0) is 34.8. The topological polar surface area (TPSA) is 136 Å². The first-order chi connectivity index (χ1) is 24.2. The van der Waals surface area contributed by atoms with Crippen LogP contribution in [0.3, 0.4) is 0 Å². The third-order valence-corrected chi connectivity index (χ3v) is 10.9. The maximum Gasteiger partial charge on any atom is 0.512 e. The number of aromatic nitrogens is 3. The van der Waals surface area contributed by atoms with Crippen molar-refractivity contribution in [1.29, 1.82) is 0 Å². The number of anilines is 1. The highest BCUT2D eigenvalue weighted by molar-refractivity contribution is 7.91. The molecule has 50 heavy (non-hydrogen) atoms. The Morgan fingerprint density at radius 2 is 1.64 bits per heavy atom. The molecular formula is C38H38N4O7S. The van der Waals surface area contributed by atoms with E-state index in [2.05, 4.69) is 22.0 Å². The Kier molecular flexibility index (Phi) is 9.11. The molecule has 1 saturated heterocycles. The Labute approximate surface area is 289 Å². The number of aryl methyl sites for hydroxylation is 2. The van der Waals surface area contributed by atoms with Gasteiger partial charge < -0.3 is 29.2 Å². The Balaban J connectivity index is 1.11. The van der Waals surface area contributed by atoms with Crippen molar-refractivity contribution in [2.24, 2.45) is 7.05 Å².